The second-order valence-corrected chi connectivity index (χ2v) is 4.04. The van der Waals surface area contributed by atoms with Crippen LogP contribution < -0.4 is 0 Å². The molecule has 0 unspecified atom stereocenters. The molecule has 2 rings (SSSR count). The Balaban J connectivity index is 2.41. The van der Waals surface area contributed by atoms with Crippen LogP contribution in [0.5, 0.6) is 0 Å². The number of furan rings is 1. The standard InChI is InChI=1S/C12H11BrO3/c1-15-12(14)5-9-7-16-11-3-2-8(6-13)4-10(9)11/h2-4,7H,5-6H2,1H3. The lowest BCUT2D eigenvalue weighted by atomic mass is 10.1. The van der Waals surface area contributed by atoms with E-state index in [2.05, 4.69) is 20.7 Å². The molecule has 1 heterocycles. The maximum atomic E-state index is 11.2. The fourth-order valence-corrected chi connectivity index (χ4v) is 1.93. The molecule has 0 bridgehead atoms. The summed E-state index contributed by atoms with van der Waals surface area (Å²) in [7, 11) is 1.38. The maximum Gasteiger partial charge on any atom is 0.310 e. The molecular weight excluding hydrogens is 272 g/mol. The van der Waals surface area contributed by atoms with Gasteiger partial charge in [0.1, 0.15) is 5.58 Å². The van der Waals surface area contributed by atoms with E-state index in [1.165, 1.54) is 7.11 Å². The van der Waals surface area contributed by atoms with Crippen LogP contribution in [0.2, 0.25) is 0 Å². The number of ether oxygens (including phenoxy) is 1. The van der Waals surface area contributed by atoms with Crippen molar-refractivity contribution in [1.82, 2.24) is 0 Å². The first-order chi connectivity index (χ1) is 7.74. The van der Waals surface area contributed by atoms with E-state index in [1.54, 1.807) is 6.26 Å². The third kappa shape index (κ3) is 2.11. The molecule has 0 radical (unpaired) electrons. The molecule has 0 atom stereocenters. The van der Waals surface area contributed by atoms with Crippen LogP contribution in [0.25, 0.3) is 11.0 Å². The van der Waals surface area contributed by atoms with Gasteiger partial charge in [-0.1, -0.05) is 22.0 Å². The smallest absolute Gasteiger partial charge is 0.310 e. The average Bonchev–Trinajstić information content (AvgIpc) is 2.71. The Bertz CT molecular complexity index is 516. The summed E-state index contributed by atoms with van der Waals surface area (Å²) in [4.78, 5) is 11.2. The SMILES string of the molecule is COC(=O)Cc1coc2ccc(CBr)cc12. The van der Waals surface area contributed by atoms with E-state index < -0.39 is 0 Å². The largest absolute Gasteiger partial charge is 0.469 e. The number of esters is 1. The topological polar surface area (TPSA) is 39.4 Å². The molecule has 0 N–H and O–H groups in total. The number of carbonyl (C=O) groups is 1. The van der Waals surface area contributed by atoms with Gasteiger partial charge in [-0.25, -0.2) is 0 Å². The number of methoxy groups -OCH3 is 1. The van der Waals surface area contributed by atoms with Crippen LogP contribution in [-0.2, 0) is 21.3 Å². The van der Waals surface area contributed by atoms with Crippen molar-refractivity contribution in [3.05, 3.63) is 35.6 Å². The molecule has 0 spiro atoms. The first-order valence-electron chi connectivity index (χ1n) is 4.86. The van der Waals surface area contributed by atoms with Crippen LogP contribution >= 0.6 is 15.9 Å². The molecular formula is C12H11BrO3. The minimum atomic E-state index is -0.257. The summed E-state index contributed by atoms with van der Waals surface area (Å²) in [5, 5.41) is 1.76. The zero-order chi connectivity index (χ0) is 11.5. The van der Waals surface area contributed by atoms with E-state index in [0.717, 1.165) is 27.4 Å². The maximum absolute atomic E-state index is 11.2. The van der Waals surface area contributed by atoms with Crippen molar-refractivity contribution < 1.29 is 13.9 Å². The van der Waals surface area contributed by atoms with E-state index in [0.29, 0.717) is 0 Å². The Morgan fingerprint density at radius 2 is 2.31 bits per heavy atom. The molecule has 1 aromatic heterocycles. The van der Waals surface area contributed by atoms with Crippen molar-refractivity contribution in [3.63, 3.8) is 0 Å². The van der Waals surface area contributed by atoms with Gasteiger partial charge in [0.05, 0.1) is 19.8 Å². The second kappa shape index (κ2) is 4.70. The molecule has 0 saturated carbocycles. The number of carbonyl (C=O) groups excluding carboxylic acids is 1. The van der Waals surface area contributed by atoms with Gasteiger partial charge in [-0.3, -0.25) is 4.79 Å². The zero-order valence-corrected chi connectivity index (χ0v) is 10.4. The summed E-state index contributed by atoms with van der Waals surface area (Å²) < 4.78 is 10.0. The van der Waals surface area contributed by atoms with E-state index in [1.807, 2.05) is 18.2 Å². The van der Waals surface area contributed by atoms with Gasteiger partial charge in [0.2, 0.25) is 0 Å². The molecule has 16 heavy (non-hydrogen) atoms. The molecule has 2 aromatic rings. The lowest BCUT2D eigenvalue weighted by Crippen LogP contribution is -2.03. The summed E-state index contributed by atoms with van der Waals surface area (Å²) in [5.41, 5.74) is 2.81. The molecule has 84 valence electrons. The van der Waals surface area contributed by atoms with Crippen molar-refractivity contribution >= 4 is 32.9 Å². The predicted molar refractivity (Wildman–Crippen MR) is 64.6 cm³/mol. The van der Waals surface area contributed by atoms with Gasteiger partial charge < -0.3 is 9.15 Å². The van der Waals surface area contributed by atoms with E-state index in [9.17, 15) is 4.79 Å². The molecule has 3 nitrogen and oxygen atoms in total. The molecule has 0 amide bonds. The summed E-state index contributed by atoms with van der Waals surface area (Å²) in [6.45, 7) is 0. The second-order valence-electron chi connectivity index (χ2n) is 3.48. The number of alkyl halides is 1. The van der Waals surface area contributed by atoms with Crippen molar-refractivity contribution in [2.45, 2.75) is 11.8 Å². The Kier molecular flexibility index (Phi) is 3.29. The number of fused-ring (bicyclic) bond motifs is 1. The van der Waals surface area contributed by atoms with Crippen LogP contribution in [0.3, 0.4) is 0 Å². The number of benzene rings is 1. The van der Waals surface area contributed by atoms with E-state index in [-0.39, 0.29) is 12.4 Å². The van der Waals surface area contributed by atoms with Gasteiger partial charge in [-0.15, -0.1) is 0 Å². The first kappa shape index (κ1) is 11.2. The van der Waals surface area contributed by atoms with E-state index >= 15 is 0 Å². The Morgan fingerprint density at radius 3 is 3.00 bits per heavy atom. The minimum absolute atomic E-state index is 0.245. The predicted octanol–water partition coefficient (Wildman–Crippen LogP) is 3.04. The Morgan fingerprint density at radius 1 is 1.50 bits per heavy atom. The zero-order valence-electron chi connectivity index (χ0n) is 8.83. The van der Waals surface area contributed by atoms with Crippen molar-refractivity contribution in [2.75, 3.05) is 7.11 Å². The molecule has 0 aliphatic rings. The Hall–Kier alpha value is -1.29. The van der Waals surface area contributed by atoms with Crippen LogP contribution in [0.1, 0.15) is 11.1 Å². The quantitative estimate of drug-likeness (QED) is 0.642. The fourth-order valence-electron chi connectivity index (χ4n) is 1.58. The Labute approximate surface area is 102 Å². The van der Waals surface area contributed by atoms with Crippen LogP contribution in [-0.4, -0.2) is 13.1 Å². The highest BCUT2D eigenvalue weighted by Gasteiger charge is 2.10. The number of halogens is 1. The van der Waals surface area contributed by atoms with Gasteiger partial charge in [-0.05, 0) is 17.7 Å². The third-order valence-corrected chi connectivity index (χ3v) is 3.08. The van der Waals surface area contributed by atoms with Crippen LogP contribution in [0.4, 0.5) is 0 Å². The van der Waals surface area contributed by atoms with Crippen molar-refractivity contribution in [2.24, 2.45) is 0 Å². The molecule has 1 aromatic carbocycles. The lowest BCUT2D eigenvalue weighted by molar-refractivity contribution is -0.139. The van der Waals surface area contributed by atoms with Crippen LogP contribution in [0, 0.1) is 0 Å². The molecule has 4 heteroatoms. The summed E-state index contributed by atoms with van der Waals surface area (Å²) in [6.07, 6.45) is 1.86. The summed E-state index contributed by atoms with van der Waals surface area (Å²) in [5.74, 6) is -0.257. The van der Waals surface area contributed by atoms with Gasteiger partial charge in [0.15, 0.2) is 0 Å². The molecule has 0 aliphatic heterocycles. The van der Waals surface area contributed by atoms with E-state index in [4.69, 9.17) is 4.42 Å². The number of hydrogen-bond acceptors (Lipinski definition) is 3. The third-order valence-electron chi connectivity index (χ3n) is 2.43. The van der Waals surface area contributed by atoms with Gasteiger partial charge in [0, 0.05) is 16.3 Å². The first-order valence-corrected chi connectivity index (χ1v) is 5.98. The highest BCUT2D eigenvalue weighted by Crippen LogP contribution is 2.24. The van der Waals surface area contributed by atoms with Crippen molar-refractivity contribution in [1.29, 1.82) is 0 Å². The minimum Gasteiger partial charge on any atom is -0.469 e. The van der Waals surface area contributed by atoms with Crippen molar-refractivity contribution in [3.8, 4) is 0 Å². The highest BCUT2D eigenvalue weighted by atomic mass is 79.9. The summed E-state index contributed by atoms with van der Waals surface area (Å²) >= 11 is 3.40. The fraction of sp³-hybridized carbons (Fsp3) is 0.250. The highest BCUT2D eigenvalue weighted by molar-refractivity contribution is 9.08. The van der Waals surface area contributed by atoms with Gasteiger partial charge >= 0.3 is 5.97 Å². The molecule has 0 fully saturated rings. The van der Waals surface area contributed by atoms with Crippen LogP contribution in [0.15, 0.2) is 28.9 Å². The molecule has 0 aliphatic carbocycles. The lowest BCUT2D eigenvalue weighted by Gasteiger charge is -1.98. The monoisotopic (exact) mass is 282 g/mol. The van der Waals surface area contributed by atoms with Gasteiger partial charge in [0.25, 0.3) is 0 Å². The summed E-state index contributed by atoms with van der Waals surface area (Å²) in [6, 6.07) is 5.92. The number of rotatable bonds is 3. The average molecular weight is 283 g/mol. The van der Waals surface area contributed by atoms with Gasteiger partial charge in [-0.2, -0.15) is 0 Å². The molecule has 0 saturated heterocycles. The normalized spacial score (nSPS) is 10.6. The number of hydrogen-bond donors (Lipinski definition) is 0.